The predicted molar refractivity (Wildman–Crippen MR) is 68.9 cm³/mol. The molecule has 18 heavy (non-hydrogen) atoms. The van der Waals surface area contributed by atoms with Crippen molar-refractivity contribution < 1.29 is 18.3 Å². The highest BCUT2D eigenvalue weighted by molar-refractivity contribution is 7.90. The minimum Gasteiger partial charge on any atom is -0.480 e. The molecule has 0 bridgehead atoms. The summed E-state index contributed by atoms with van der Waals surface area (Å²) in [6.45, 7) is 2.24. The van der Waals surface area contributed by atoms with E-state index in [4.69, 9.17) is 5.11 Å². The second kappa shape index (κ2) is 6.51. The molecule has 0 spiro atoms. The highest BCUT2D eigenvalue weighted by Crippen LogP contribution is 2.17. The van der Waals surface area contributed by atoms with E-state index in [0.717, 1.165) is 5.56 Å². The van der Waals surface area contributed by atoms with Crippen LogP contribution in [0.2, 0.25) is 0 Å². The van der Waals surface area contributed by atoms with Crippen molar-refractivity contribution in [1.29, 1.82) is 0 Å². The van der Waals surface area contributed by atoms with E-state index >= 15 is 0 Å². The first-order valence-electron chi connectivity index (χ1n) is 5.65. The Balaban J connectivity index is 2.41. The highest BCUT2D eigenvalue weighted by Gasteiger charge is 2.15. The minimum atomic E-state index is -3.71. The first-order chi connectivity index (χ1) is 8.41. The number of carbonyl (C=O) groups is 1. The van der Waals surface area contributed by atoms with Crippen molar-refractivity contribution in [3.63, 3.8) is 0 Å². The second-order valence-electron chi connectivity index (χ2n) is 4.15. The third-order valence-corrected chi connectivity index (χ3v) is 3.85. The third kappa shape index (κ3) is 5.29. The van der Waals surface area contributed by atoms with Gasteiger partial charge in [-0.3, -0.25) is 4.79 Å². The first-order valence-corrected chi connectivity index (χ1v) is 7.30. The van der Waals surface area contributed by atoms with Crippen molar-refractivity contribution in [2.45, 2.75) is 19.3 Å². The van der Waals surface area contributed by atoms with Gasteiger partial charge in [0.1, 0.15) is 0 Å². The molecule has 1 aromatic rings. The van der Waals surface area contributed by atoms with Crippen LogP contribution in [0.15, 0.2) is 30.3 Å². The summed E-state index contributed by atoms with van der Waals surface area (Å²) in [6.07, 6.45) is 0.628. The molecule has 0 amide bonds. The van der Waals surface area contributed by atoms with Gasteiger partial charge >= 0.3 is 5.97 Å². The van der Waals surface area contributed by atoms with Crippen LogP contribution in [-0.2, 0) is 14.8 Å². The van der Waals surface area contributed by atoms with Gasteiger partial charge in [-0.1, -0.05) is 37.3 Å². The summed E-state index contributed by atoms with van der Waals surface area (Å²) in [5.41, 5.74) is 1.13. The van der Waals surface area contributed by atoms with Gasteiger partial charge in [0.2, 0.25) is 10.0 Å². The van der Waals surface area contributed by atoms with Crippen molar-refractivity contribution >= 4 is 16.0 Å². The molecule has 2 N–H and O–H groups in total. The number of carboxylic acids is 1. The average Bonchev–Trinajstić information content (AvgIpc) is 2.28. The van der Waals surface area contributed by atoms with Crippen molar-refractivity contribution in [2.24, 2.45) is 0 Å². The molecular weight excluding hydrogens is 254 g/mol. The maximum atomic E-state index is 11.3. The van der Waals surface area contributed by atoms with Crippen LogP contribution in [0.5, 0.6) is 0 Å². The normalized spacial score (nSPS) is 13.2. The summed E-state index contributed by atoms with van der Waals surface area (Å²) in [7, 11) is -3.71. The first kappa shape index (κ1) is 14.7. The van der Waals surface area contributed by atoms with Crippen LogP contribution in [0.4, 0.5) is 0 Å². The Kier molecular flexibility index (Phi) is 5.30. The summed E-state index contributed by atoms with van der Waals surface area (Å²) in [5.74, 6) is -2.01. The number of hydrogen-bond donors (Lipinski definition) is 2. The molecule has 0 saturated carbocycles. The Labute approximate surface area is 107 Å². The molecule has 1 unspecified atom stereocenters. The van der Waals surface area contributed by atoms with Crippen LogP contribution in [0, 0.1) is 0 Å². The lowest BCUT2D eigenvalue weighted by atomic mass is 9.98. The summed E-state index contributed by atoms with van der Waals surface area (Å²) < 4.78 is 24.8. The number of rotatable bonds is 7. The van der Waals surface area contributed by atoms with Crippen molar-refractivity contribution in [3.8, 4) is 0 Å². The number of nitrogens with one attached hydrogen (secondary N) is 1. The Morgan fingerprint density at radius 3 is 2.50 bits per heavy atom. The maximum absolute atomic E-state index is 11.3. The monoisotopic (exact) mass is 271 g/mol. The number of carboxylic acid groups (broad SMARTS) is 1. The molecule has 0 aromatic heterocycles. The topological polar surface area (TPSA) is 83.5 Å². The maximum Gasteiger partial charge on any atom is 0.320 e. The number of aliphatic carboxylic acids is 1. The lowest BCUT2D eigenvalue weighted by Gasteiger charge is -2.12. The Morgan fingerprint density at radius 1 is 1.33 bits per heavy atom. The molecule has 0 radical (unpaired) electrons. The fourth-order valence-electron chi connectivity index (χ4n) is 1.59. The van der Waals surface area contributed by atoms with Crippen molar-refractivity contribution in [3.05, 3.63) is 35.9 Å². The summed E-state index contributed by atoms with van der Waals surface area (Å²) in [6, 6.07) is 9.75. The predicted octanol–water partition coefficient (Wildman–Crippen LogP) is 1.18. The molecule has 5 nitrogen and oxygen atoms in total. The van der Waals surface area contributed by atoms with Crippen LogP contribution in [0.25, 0.3) is 0 Å². The quantitative estimate of drug-likeness (QED) is 0.780. The van der Waals surface area contributed by atoms with Crippen LogP contribution in [0.3, 0.4) is 0 Å². The van der Waals surface area contributed by atoms with Crippen LogP contribution in [-0.4, -0.2) is 31.8 Å². The van der Waals surface area contributed by atoms with E-state index in [-0.39, 0.29) is 12.5 Å². The largest absolute Gasteiger partial charge is 0.480 e. The zero-order valence-electron chi connectivity index (χ0n) is 10.2. The molecule has 100 valence electrons. The molecule has 0 heterocycles. The van der Waals surface area contributed by atoms with Gasteiger partial charge in [-0.05, 0) is 17.9 Å². The van der Waals surface area contributed by atoms with Crippen LogP contribution in [0.1, 0.15) is 24.8 Å². The molecule has 1 rings (SSSR count). The fraction of sp³-hybridized carbons (Fsp3) is 0.417. The van der Waals surface area contributed by atoms with Crippen molar-refractivity contribution in [1.82, 2.24) is 4.72 Å². The molecule has 1 aromatic carbocycles. The van der Waals surface area contributed by atoms with E-state index in [1.54, 1.807) is 0 Å². The van der Waals surface area contributed by atoms with Gasteiger partial charge in [-0.2, -0.15) is 0 Å². The number of benzene rings is 1. The number of hydrogen-bond acceptors (Lipinski definition) is 3. The van der Waals surface area contributed by atoms with Gasteiger partial charge in [-0.25, -0.2) is 13.1 Å². The SMILES string of the molecule is CC(CCNS(=O)(=O)CC(=O)O)c1ccccc1. The highest BCUT2D eigenvalue weighted by atomic mass is 32.2. The molecule has 0 saturated heterocycles. The molecule has 0 aliphatic rings. The summed E-state index contributed by atoms with van der Waals surface area (Å²) in [4.78, 5) is 10.3. The molecule has 0 aliphatic heterocycles. The van der Waals surface area contributed by atoms with Crippen LogP contribution < -0.4 is 4.72 Å². The lowest BCUT2D eigenvalue weighted by molar-refractivity contribution is -0.134. The molecule has 0 aliphatic carbocycles. The summed E-state index contributed by atoms with van der Waals surface area (Å²) >= 11 is 0. The zero-order valence-corrected chi connectivity index (χ0v) is 11.0. The summed E-state index contributed by atoms with van der Waals surface area (Å²) in [5, 5.41) is 8.42. The Hall–Kier alpha value is -1.40. The second-order valence-corrected chi connectivity index (χ2v) is 5.95. The molecule has 0 fully saturated rings. The fourth-order valence-corrected chi connectivity index (χ4v) is 2.45. The molecule has 1 atom stereocenters. The van der Waals surface area contributed by atoms with E-state index in [1.807, 2.05) is 37.3 Å². The molecular formula is C12H17NO4S. The van der Waals surface area contributed by atoms with Gasteiger partial charge in [0, 0.05) is 6.54 Å². The van der Waals surface area contributed by atoms with Gasteiger partial charge in [0.05, 0.1) is 0 Å². The van der Waals surface area contributed by atoms with Gasteiger partial charge in [0.25, 0.3) is 0 Å². The minimum absolute atomic E-state index is 0.221. The standard InChI is InChI=1S/C12H17NO4S/c1-10(11-5-3-2-4-6-11)7-8-13-18(16,17)9-12(14)15/h2-6,10,13H,7-9H2,1H3,(H,14,15). The zero-order chi connectivity index (χ0) is 13.6. The number of sulfonamides is 1. The van der Waals surface area contributed by atoms with Gasteiger partial charge < -0.3 is 5.11 Å². The van der Waals surface area contributed by atoms with E-state index in [1.165, 1.54) is 0 Å². The smallest absolute Gasteiger partial charge is 0.320 e. The van der Waals surface area contributed by atoms with Gasteiger partial charge in [0.15, 0.2) is 5.75 Å². The Morgan fingerprint density at radius 2 is 1.94 bits per heavy atom. The molecule has 6 heteroatoms. The Bertz CT molecular complexity index is 484. The third-order valence-electron chi connectivity index (χ3n) is 2.58. The van der Waals surface area contributed by atoms with Gasteiger partial charge in [-0.15, -0.1) is 0 Å². The van der Waals surface area contributed by atoms with Crippen LogP contribution >= 0.6 is 0 Å². The van der Waals surface area contributed by atoms with Crippen molar-refractivity contribution in [2.75, 3.05) is 12.3 Å². The lowest BCUT2D eigenvalue weighted by Crippen LogP contribution is -2.31. The average molecular weight is 271 g/mol. The van der Waals surface area contributed by atoms with E-state index in [2.05, 4.69) is 4.72 Å². The van der Waals surface area contributed by atoms with E-state index < -0.39 is 21.7 Å². The van der Waals surface area contributed by atoms with E-state index in [0.29, 0.717) is 6.42 Å². The van der Waals surface area contributed by atoms with E-state index in [9.17, 15) is 13.2 Å².